The number of rotatable bonds is 3. The fourth-order valence-electron chi connectivity index (χ4n) is 0.324. The van der Waals surface area contributed by atoms with Crippen LogP contribution in [-0.2, 0) is 9.53 Å². The Balaban J connectivity index is 4.31. The highest BCUT2D eigenvalue weighted by molar-refractivity contribution is 5.79. The highest BCUT2D eigenvalue weighted by Gasteiger charge is 1.77. The van der Waals surface area contributed by atoms with Crippen LogP contribution >= 0.6 is 0 Å². The molecular weight excluding hydrogens is 156 g/mol. The van der Waals surface area contributed by atoms with Gasteiger partial charge in [-0.25, -0.2) is 4.79 Å². The van der Waals surface area contributed by atoms with Crippen molar-refractivity contribution >= 4 is 5.97 Å². The van der Waals surface area contributed by atoms with Gasteiger partial charge in [-0.3, -0.25) is 0 Å². The minimum atomic E-state index is -1.07. The summed E-state index contributed by atoms with van der Waals surface area (Å²) in [6.45, 7) is 2.39. The SMILES string of the molecule is CCOC=C=C=C=C=CC(=O)O. The number of hydrogen-bond acceptors (Lipinski definition) is 2. The summed E-state index contributed by atoms with van der Waals surface area (Å²) in [7, 11) is 0. The first kappa shape index (κ1) is 10.1. The molecule has 0 atom stereocenters. The molecular formula is C9H8O3. The van der Waals surface area contributed by atoms with Gasteiger partial charge in [-0.1, -0.05) is 5.73 Å². The third-order valence-corrected chi connectivity index (χ3v) is 0.711. The Kier molecular flexibility index (Phi) is 6.11. The predicted molar refractivity (Wildman–Crippen MR) is 42.5 cm³/mol. The van der Waals surface area contributed by atoms with Crippen molar-refractivity contribution in [2.45, 2.75) is 6.92 Å². The van der Waals surface area contributed by atoms with E-state index in [1.807, 2.05) is 6.92 Å². The summed E-state index contributed by atoms with van der Waals surface area (Å²) in [6, 6.07) is 0. The highest BCUT2D eigenvalue weighted by Crippen LogP contribution is 1.70. The lowest BCUT2D eigenvalue weighted by Crippen LogP contribution is -1.82. The van der Waals surface area contributed by atoms with E-state index >= 15 is 0 Å². The number of carboxylic acid groups (broad SMARTS) is 1. The fourth-order valence-corrected chi connectivity index (χ4v) is 0.324. The van der Waals surface area contributed by atoms with Crippen molar-refractivity contribution in [1.82, 2.24) is 0 Å². The highest BCUT2D eigenvalue weighted by atomic mass is 16.5. The van der Waals surface area contributed by atoms with Crippen LogP contribution in [0.2, 0.25) is 0 Å². The molecule has 0 heterocycles. The van der Waals surface area contributed by atoms with E-state index < -0.39 is 5.97 Å². The van der Waals surface area contributed by atoms with E-state index in [0.29, 0.717) is 6.61 Å². The van der Waals surface area contributed by atoms with Gasteiger partial charge in [0.25, 0.3) is 0 Å². The summed E-state index contributed by atoms with van der Waals surface area (Å²) in [4.78, 5) is 9.90. The molecule has 0 fully saturated rings. The largest absolute Gasteiger partial charge is 0.493 e. The summed E-state index contributed by atoms with van der Waals surface area (Å²) in [5.41, 5.74) is 9.42. The zero-order valence-electron chi connectivity index (χ0n) is 6.63. The molecule has 0 rings (SSSR count). The maximum atomic E-state index is 9.90. The predicted octanol–water partition coefficient (Wildman–Crippen LogP) is 1.24. The first-order valence-corrected chi connectivity index (χ1v) is 3.28. The second kappa shape index (κ2) is 7.24. The van der Waals surface area contributed by atoms with Gasteiger partial charge in [0.15, 0.2) is 0 Å². The lowest BCUT2D eigenvalue weighted by molar-refractivity contribution is -0.131. The average Bonchev–Trinajstić information content (AvgIpc) is 2.02. The van der Waals surface area contributed by atoms with Gasteiger partial charge in [0, 0.05) is 0 Å². The maximum absolute atomic E-state index is 9.90. The Hall–Kier alpha value is -1.87. The number of aliphatic carboxylic acids is 1. The molecule has 0 bridgehead atoms. The number of carboxylic acids is 1. The monoisotopic (exact) mass is 164 g/mol. The Morgan fingerprint density at radius 3 is 2.75 bits per heavy atom. The summed E-state index contributed by atoms with van der Waals surface area (Å²) < 4.78 is 4.77. The molecule has 0 saturated heterocycles. The van der Waals surface area contributed by atoms with E-state index in [1.54, 1.807) is 0 Å². The zero-order valence-corrected chi connectivity index (χ0v) is 6.63. The van der Waals surface area contributed by atoms with Crippen molar-refractivity contribution < 1.29 is 14.6 Å². The van der Waals surface area contributed by atoms with Crippen LogP contribution in [0.5, 0.6) is 0 Å². The van der Waals surface area contributed by atoms with Gasteiger partial charge in [0.1, 0.15) is 6.26 Å². The van der Waals surface area contributed by atoms with E-state index in [4.69, 9.17) is 9.84 Å². The Labute approximate surface area is 70.3 Å². The van der Waals surface area contributed by atoms with Crippen LogP contribution in [-0.4, -0.2) is 17.7 Å². The Bertz CT molecular complexity index is 303. The molecule has 3 nitrogen and oxygen atoms in total. The van der Waals surface area contributed by atoms with Crippen molar-refractivity contribution in [2.24, 2.45) is 0 Å². The molecule has 0 aliphatic rings. The molecule has 0 radical (unpaired) electrons. The van der Waals surface area contributed by atoms with E-state index in [0.717, 1.165) is 6.08 Å². The molecule has 0 aromatic carbocycles. The molecule has 0 aliphatic carbocycles. The van der Waals surface area contributed by atoms with Crippen LogP contribution < -0.4 is 0 Å². The van der Waals surface area contributed by atoms with Crippen LogP contribution in [0, 0.1) is 0 Å². The normalized spacial score (nSPS) is 6.42. The van der Waals surface area contributed by atoms with E-state index in [-0.39, 0.29) is 0 Å². The van der Waals surface area contributed by atoms with Gasteiger partial charge in [-0.15, -0.1) is 0 Å². The Morgan fingerprint density at radius 2 is 2.17 bits per heavy atom. The number of ether oxygens (including phenoxy) is 1. The summed E-state index contributed by atoms with van der Waals surface area (Å²) >= 11 is 0. The van der Waals surface area contributed by atoms with Gasteiger partial charge >= 0.3 is 5.97 Å². The minimum Gasteiger partial charge on any atom is -0.493 e. The van der Waals surface area contributed by atoms with Gasteiger partial charge in [-0.2, -0.15) is 0 Å². The van der Waals surface area contributed by atoms with Crippen molar-refractivity contribution in [3.05, 3.63) is 35.3 Å². The molecule has 3 heteroatoms. The lowest BCUT2D eigenvalue weighted by atomic mass is 10.6. The molecule has 0 aromatic heterocycles. The van der Waals surface area contributed by atoms with E-state index in [2.05, 4.69) is 22.9 Å². The third kappa shape index (κ3) is 8.13. The van der Waals surface area contributed by atoms with Gasteiger partial charge in [0.05, 0.1) is 12.7 Å². The smallest absolute Gasteiger partial charge is 0.336 e. The number of carbonyl (C=O) groups is 1. The number of hydrogen-bond donors (Lipinski definition) is 1. The van der Waals surface area contributed by atoms with Gasteiger partial charge in [-0.05, 0) is 24.1 Å². The van der Waals surface area contributed by atoms with Gasteiger partial charge in [0.2, 0.25) is 0 Å². The zero-order chi connectivity index (χ0) is 9.23. The van der Waals surface area contributed by atoms with Crippen LogP contribution in [0.1, 0.15) is 6.92 Å². The molecule has 12 heavy (non-hydrogen) atoms. The van der Waals surface area contributed by atoms with Crippen molar-refractivity contribution in [3.8, 4) is 0 Å². The molecule has 1 N–H and O–H groups in total. The summed E-state index contributed by atoms with van der Waals surface area (Å²) in [5, 5.41) is 8.12. The van der Waals surface area contributed by atoms with Crippen molar-refractivity contribution in [3.63, 3.8) is 0 Å². The van der Waals surface area contributed by atoms with E-state index in [9.17, 15) is 4.79 Å². The molecule has 0 amide bonds. The van der Waals surface area contributed by atoms with Crippen molar-refractivity contribution in [1.29, 1.82) is 0 Å². The van der Waals surface area contributed by atoms with Gasteiger partial charge < -0.3 is 9.84 Å². The first-order valence-electron chi connectivity index (χ1n) is 3.28. The Morgan fingerprint density at radius 1 is 1.50 bits per heavy atom. The van der Waals surface area contributed by atoms with Crippen LogP contribution in [0.15, 0.2) is 35.3 Å². The van der Waals surface area contributed by atoms with Crippen LogP contribution in [0.25, 0.3) is 0 Å². The second-order valence-corrected chi connectivity index (χ2v) is 1.59. The maximum Gasteiger partial charge on any atom is 0.336 e. The summed E-state index contributed by atoms with van der Waals surface area (Å²) in [6.07, 6.45) is 2.14. The van der Waals surface area contributed by atoms with Crippen LogP contribution in [0.3, 0.4) is 0 Å². The first-order chi connectivity index (χ1) is 5.77. The van der Waals surface area contributed by atoms with Crippen LogP contribution in [0.4, 0.5) is 0 Å². The minimum absolute atomic E-state index is 0.559. The average molecular weight is 164 g/mol. The third-order valence-electron chi connectivity index (χ3n) is 0.711. The standard InChI is InChI=1S/C9H8O3/c1-2-12-8-6-4-3-5-7-9(10)11/h7-8H,2H2,1H3,(H,10,11). The molecule has 0 spiro atoms. The molecule has 62 valence electrons. The quantitative estimate of drug-likeness (QED) is 0.388. The molecule has 0 aromatic rings. The van der Waals surface area contributed by atoms with E-state index in [1.165, 1.54) is 6.26 Å². The second-order valence-electron chi connectivity index (χ2n) is 1.59. The van der Waals surface area contributed by atoms with Crippen molar-refractivity contribution in [2.75, 3.05) is 6.61 Å². The lowest BCUT2D eigenvalue weighted by Gasteiger charge is -1.84. The summed E-state index contributed by atoms with van der Waals surface area (Å²) in [5.74, 6) is -1.07. The molecule has 0 unspecified atom stereocenters. The topological polar surface area (TPSA) is 46.5 Å². The molecule has 0 aliphatic heterocycles. The fraction of sp³-hybridized carbons (Fsp3) is 0.222. The molecule has 0 saturated carbocycles.